The number of rotatable bonds is 3. The molecule has 0 unspecified atom stereocenters. The minimum absolute atomic E-state index is 0.0384. The van der Waals surface area contributed by atoms with Crippen LogP contribution in [0.1, 0.15) is 59.5 Å². The third-order valence-electron chi connectivity index (χ3n) is 6.07. The number of nitrogens with one attached hydrogen (secondary N) is 1. The number of piperidine rings is 1. The molecule has 1 aliphatic carbocycles. The first kappa shape index (κ1) is 17.2. The highest BCUT2D eigenvalue weighted by molar-refractivity contribution is 5.92. The number of carbonyl (C=O) groups excluding carboxylic acids is 1. The van der Waals surface area contributed by atoms with E-state index >= 15 is 0 Å². The van der Waals surface area contributed by atoms with Crippen LogP contribution in [0.15, 0.2) is 30.3 Å². The highest BCUT2D eigenvalue weighted by Crippen LogP contribution is 2.50. The standard InChI is InChI=1S/C20H26N4O2/c1-2-5-13-12-16(23-22-13)19(26)24-10-8-20(9-11-24)15-7-4-3-6-14(15)17(21)18(20)25/h3-4,6-7,12,17-18,25H,2,5,8-11,21H2,1H3,(H,22,23)/t17-,18+/m1/s1. The van der Waals surface area contributed by atoms with E-state index in [0.29, 0.717) is 18.8 Å². The van der Waals surface area contributed by atoms with Crippen LogP contribution in [-0.2, 0) is 11.8 Å². The van der Waals surface area contributed by atoms with Gasteiger partial charge in [0.25, 0.3) is 5.91 Å². The Bertz CT molecular complexity index is 808. The van der Waals surface area contributed by atoms with Crippen LogP contribution in [0.2, 0.25) is 0 Å². The Labute approximate surface area is 153 Å². The normalized spacial score (nSPS) is 24.0. The van der Waals surface area contributed by atoms with Crippen molar-refractivity contribution in [1.82, 2.24) is 15.1 Å². The number of likely N-dealkylation sites (tertiary alicyclic amines) is 1. The van der Waals surface area contributed by atoms with Crippen molar-refractivity contribution >= 4 is 5.91 Å². The molecule has 0 saturated carbocycles. The van der Waals surface area contributed by atoms with Crippen molar-refractivity contribution in [3.05, 3.63) is 52.8 Å². The maximum absolute atomic E-state index is 12.8. The average molecular weight is 354 g/mol. The number of aryl methyl sites for hydroxylation is 1. The van der Waals surface area contributed by atoms with Crippen LogP contribution in [0.25, 0.3) is 0 Å². The Morgan fingerprint density at radius 1 is 1.38 bits per heavy atom. The summed E-state index contributed by atoms with van der Waals surface area (Å²) in [7, 11) is 0. The van der Waals surface area contributed by atoms with Gasteiger partial charge in [-0.2, -0.15) is 5.10 Å². The van der Waals surface area contributed by atoms with E-state index in [4.69, 9.17) is 5.73 Å². The number of amides is 1. The second-order valence-corrected chi connectivity index (χ2v) is 7.53. The van der Waals surface area contributed by atoms with Gasteiger partial charge in [-0.1, -0.05) is 37.6 Å². The third-order valence-corrected chi connectivity index (χ3v) is 6.07. The zero-order chi connectivity index (χ0) is 18.3. The summed E-state index contributed by atoms with van der Waals surface area (Å²) in [5.74, 6) is -0.0384. The molecule has 2 atom stereocenters. The molecule has 1 aromatic heterocycles. The Morgan fingerprint density at radius 3 is 2.85 bits per heavy atom. The van der Waals surface area contributed by atoms with E-state index in [1.807, 2.05) is 29.2 Å². The lowest BCUT2D eigenvalue weighted by Gasteiger charge is -2.42. The van der Waals surface area contributed by atoms with Gasteiger partial charge in [-0.25, -0.2) is 0 Å². The highest BCUT2D eigenvalue weighted by atomic mass is 16.3. The van der Waals surface area contributed by atoms with E-state index in [9.17, 15) is 9.90 Å². The molecule has 0 bridgehead atoms. The molecular formula is C20H26N4O2. The maximum atomic E-state index is 12.8. The van der Waals surface area contributed by atoms with Gasteiger partial charge >= 0.3 is 0 Å². The fraction of sp³-hybridized carbons (Fsp3) is 0.500. The van der Waals surface area contributed by atoms with Gasteiger partial charge in [-0.3, -0.25) is 9.89 Å². The van der Waals surface area contributed by atoms with E-state index in [1.165, 1.54) is 0 Å². The van der Waals surface area contributed by atoms with Gasteiger partial charge < -0.3 is 15.7 Å². The Balaban J connectivity index is 1.51. The molecule has 6 heteroatoms. The van der Waals surface area contributed by atoms with Crippen molar-refractivity contribution in [1.29, 1.82) is 0 Å². The Kier molecular flexibility index (Phi) is 4.32. The van der Waals surface area contributed by atoms with Gasteiger partial charge in [0.15, 0.2) is 0 Å². The smallest absolute Gasteiger partial charge is 0.274 e. The Hall–Kier alpha value is -2.18. The largest absolute Gasteiger partial charge is 0.390 e. The first-order valence-electron chi connectivity index (χ1n) is 9.43. The van der Waals surface area contributed by atoms with Crippen LogP contribution in [0.3, 0.4) is 0 Å². The zero-order valence-electron chi connectivity index (χ0n) is 15.1. The second-order valence-electron chi connectivity index (χ2n) is 7.53. The van der Waals surface area contributed by atoms with Gasteiger partial charge in [0.2, 0.25) is 0 Å². The number of aromatic nitrogens is 2. The van der Waals surface area contributed by atoms with Gasteiger partial charge in [-0.05, 0) is 36.5 Å². The topological polar surface area (TPSA) is 95.2 Å². The molecule has 1 spiro atoms. The fourth-order valence-electron chi connectivity index (χ4n) is 4.62. The Morgan fingerprint density at radius 2 is 2.12 bits per heavy atom. The summed E-state index contributed by atoms with van der Waals surface area (Å²) < 4.78 is 0. The lowest BCUT2D eigenvalue weighted by molar-refractivity contribution is 0.0260. The molecule has 4 N–H and O–H groups in total. The molecule has 4 rings (SSSR count). The van der Waals surface area contributed by atoms with Crippen LogP contribution in [0.4, 0.5) is 0 Å². The van der Waals surface area contributed by atoms with Crippen molar-refractivity contribution in [2.24, 2.45) is 5.73 Å². The monoisotopic (exact) mass is 354 g/mol. The SMILES string of the molecule is CCCc1cc(C(=O)N2CCC3(CC2)c2ccccc2[C@@H](N)[C@@H]3O)n[nH]1. The number of H-pyrrole nitrogens is 1. The molecule has 6 nitrogen and oxygen atoms in total. The number of nitrogens with two attached hydrogens (primary N) is 1. The first-order valence-corrected chi connectivity index (χ1v) is 9.43. The van der Waals surface area contributed by atoms with Crippen molar-refractivity contribution in [2.45, 2.75) is 50.2 Å². The summed E-state index contributed by atoms with van der Waals surface area (Å²) in [6.45, 7) is 3.31. The van der Waals surface area contributed by atoms with Gasteiger partial charge in [0.05, 0.1) is 12.1 Å². The molecule has 2 aromatic rings. The fourth-order valence-corrected chi connectivity index (χ4v) is 4.62. The minimum atomic E-state index is -0.598. The number of hydrogen-bond donors (Lipinski definition) is 3. The maximum Gasteiger partial charge on any atom is 0.274 e. The summed E-state index contributed by atoms with van der Waals surface area (Å²) in [6, 6.07) is 9.56. The van der Waals surface area contributed by atoms with Gasteiger partial charge in [-0.15, -0.1) is 0 Å². The minimum Gasteiger partial charge on any atom is -0.390 e. The van der Waals surface area contributed by atoms with Crippen LogP contribution < -0.4 is 5.73 Å². The summed E-state index contributed by atoms with van der Waals surface area (Å²) in [6.07, 6.45) is 2.75. The van der Waals surface area contributed by atoms with E-state index in [-0.39, 0.29) is 17.4 Å². The van der Waals surface area contributed by atoms with Crippen LogP contribution in [-0.4, -0.2) is 45.3 Å². The molecule has 2 aliphatic rings. The van der Waals surface area contributed by atoms with Crippen molar-refractivity contribution in [3.8, 4) is 0 Å². The summed E-state index contributed by atoms with van der Waals surface area (Å²) in [5.41, 5.74) is 9.59. The first-order chi connectivity index (χ1) is 12.6. The molecule has 1 aliphatic heterocycles. The molecule has 1 amide bonds. The molecule has 1 saturated heterocycles. The molecule has 1 fully saturated rings. The summed E-state index contributed by atoms with van der Waals surface area (Å²) in [5, 5.41) is 18.0. The van der Waals surface area contributed by atoms with E-state index < -0.39 is 6.10 Å². The quantitative estimate of drug-likeness (QED) is 0.785. The highest BCUT2D eigenvalue weighted by Gasteiger charge is 2.51. The number of hydrogen-bond acceptors (Lipinski definition) is 4. The average Bonchev–Trinajstić information content (AvgIpc) is 3.22. The summed E-state index contributed by atoms with van der Waals surface area (Å²) >= 11 is 0. The number of fused-ring (bicyclic) bond motifs is 2. The third kappa shape index (κ3) is 2.56. The number of aliphatic hydroxyl groups is 1. The van der Waals surface area contributed by atoms with Crippen molar-refractivity contribution < 1.29 is 9.90 Å². The van der Waals surface area contributed by atoms with E-state index in [2.05, 4.69) is 23.2 Å². The molecule has 26 heavy (non-hydrogen) atoms. The molecule has 1 aromatic carbocycles. The molecule has 138 valence electrons. The van der Waals surface area contributed by atoms with Gasteiger partial charge in [0, 0.05) is 24.2 Å². The number of carbonyl (C=O) groups is 1. The number of aromatic amines is 1. The second kappa shape index (κ2) is 6.52. The van der Waals surface area contributed by atoms with E-state index in [1.54, 1.807) is 0 Å². The number of nitrogens with zero attached hydrogens (tertiary/aromatic N) is 2. The zero-order valence-corrected chi connectivity index (χ0v) is 15.1. The molecule has 2 heterocycles. The lowest BCUT2D eigenvalue weighted by atomic mass is 9.72. The van der Waals surface area contributed by atoms with Crippen LogP contribution in [0.5, 0.6) is 0 Å². The summed E-state index contributed by atoms with van der Waals surface area (Å²) in [4.78, 5) is 14.6. The van der Waals surface area contributed by atoms with Crippen LogP contribution in [0, 0.1) is 0 Å². The lowest BCUT2D eigenvalue weighted by Crippen LogP contribution is -2.50. The van der Waals surface area contributed by atoms with Gasteiger partial charge in [0.1, 0.15) is 5.69 Å². The molecule has 0 radical (unpaired) electrons. The predicted octanol–water partition coefficient (Wildman–Crippen LogP) is 1.91. The predicted molar refractivity (Wildman–Crippen MR) is 98.8 cm³/mol. The number of aliphatic hydroxyl groups excluding tert-OH is 1. The molecular weight excluding hydrogens is 328 g/mol. The van der Waals surface area contributed by atoms with Crippen LogP contribution >= 0.6 is 0 Å². The van der Waals surface area contributed by atoms with E-state index in [0.717, 1.165) is 42.5 Å². The van der Waals surface area contributed by atoms with Crippen molar-refractivity contribution in [2.75, 3.05) is 13.1 Å². The number of benzene rings is 1. The van der Waals surface area contributed by atoms with Crippen molar-refractivity contribution in [3.63, 3.8) is 0 Å².